The first kappa shape index (κ1) is 23.3. The third-order valence-electron chi connectivity index (χ3n) is 6.44. The van der Waals surface area contributed by atoms with Gasteiger partial charge in [0.25, 0.3) is 11.6 Å². The van der Waals surface area contributed by atoms with Gasteiger partial charge in [-0.15, -0.1) is 0 Å². The van der Waals surface area contributed by atoms with Gasteiger partial charge >= 0.3 is 5.91 Å². The number of benzene rings is 1. The van der Waals surface area contributed by atoms with Gasteiger partial charge < -0.3 is 9.84 Å². The van der Waals surface area contributed by atoms with Gasteiger partial charge in [-0.3, -0.25) is 14.5 Å². The predicted octanol–water partition coefficient (Wildman–Crippen LogP) is 2.67. The molecule has 1 unspecified atom stereocenters. The van der Waals surface area contributed by atoms with Crippen LogP contribution in [0, 0.1) is 6.92 Å². The van der Waals surface area contributed by atoms with Gasteiger partial charge in [0, 0.05) is 29.3 Å². The highest BCUT2D eigenvalue weighted by molar-refractivity contribution is 6.45. The van der Waals surface area contributed by atoms with Crippen molar-refractivity contribution in [1.29, 1.82) is 0 Å². The lowest BCUT2D eigenvalue weighted by molar-refractivity contribution is -0.577. The summed E-state index contributed by atoms with van der Waals surface area (Å²) in [5, 5.41) is 18.4. The van der Waals surface area contributed by atoms with E-state index < -0.39 is 17.7 Å². The van der Waals surface area contributed by atoms with Crippen LogP contribution in [0.25, 0.3) is 17.0 Å². The average Bonchev–Trinajstić information content (AvgIpc) is 3.53. The Morgan fingerprint density at radius 1 is 1.20 bits per heavy atom. The lowest BCUT2D eigenvalue weighted by atomic mass is 10.0. The van der Waals surface area contributed by atoms with Crippen LogP contribution in [0.3, 0.4) is 0 Å². The topological polar surface area (TPSA) is 91.4 Å². The highest BCUT2D eigenvalue weighted by atomic mass is 35.5. The quantitative estimate of drug-likeness (QED) is 0.390. The van der Waals surface area contributed by atoms with Crippen molar-refractivity contribution in [2.24, 2.45) is 0 Å². The fourth-order valence-electron chi connectivity index (χ4n) is 4.60. The number of rotatable bonds is 6. The van der Waals surface area contributed by atoms with Gasteiger partial charge in [-0.1, -0.05) is 24.6 Å². The molecule has 0 aliphatic carbocycles. The molecule has 1 fully saturated rings. The second-order valence-corrected chi connectivity index (χ2v) is 9.14. The van der Waals surface area contributed by atoms with Gasteiger partial charge in [0.1, 0.15) is 5.57 Å². The summed E-state index contributed by atoms with van der Waals surface area (Å²) in [6, 6.07) is 10.5. The van der Waals surface area contributed by atoms with Crippen LogP contribution in [0.4, 0.5) is 0 Å². The predicted molar refractivity (Wildman–Crippen MR) is 128 cm³/mol. The summed E-state index contributed by atoms with van der Waals surface area (Å²) in [6.07, 6.45) is 5.78. The van der Waals surface area contributed by atoms with Crippen LogP contribution in [0.2, 0.25) is 5.02 Å². The van der Waals surface area contributed by atoms with Crippen molar-refractivity contribution in [2.75, 3.05) is 13.2 Å². The Kier molecular flexibility index (Phi) is 6.17. The minimum Gasteiger partial charge on any atom is -0.858 e. The molecular formula is C26H25ClN4O4. The normalized spacial score (nSPS) is 18.3. The van der Waals surface area contributed by atoms with Crippen LogP contribution >= 0.6 is 11.6 Å². The van der Waals surface area contributed by atoms with Gasteiger partial charge in [0.05, 0.1) is 24.0 Å². The number of halogens is 1. The zero-order valence-electron chi connectivity index (χ0n) is 19.5. The summed E-state index contributed by atoms with van der Waals surface area (Å²) in [5.41, 5.74) is 2.23. The maximum absolute atomic E-state index is 13.7. The average molecular weight is 493 g/mol. The number of hydrogen-bond acceptors (Lipinski definition) is 5. The van der Waals surface area contributed by atoms with Crippen molar-refractivity contribution in [1.82, 2.24) is 14.7 Å². The monoisotopic (exact) mass is 492 g/mol. The summed E-state index contributed by atoms with van der Waals surface area (Å²) in [6.45, 7) is 4.45. The first-order valence-electron chi connectivity index (χ1n) is 11.6. The number of amides is 2. The second-order valence-electron chi connectivity index (χ2n) is 8.70. The molecule has 2 amide bonds. The molecule has 35 heavy (non-hydrogen) atoms. The molecule has 0 bridgehead atoms. The number of aryl methyl sites for hydroxylation is 2. The van der Waals surface area contributed by atoms with E-state index in [2.05, 4.69) is 5.10 Å². The number of carbonyl (C=O) groups excluding carboxylic acids is 2. The van der Waals surface area contributed by atoms with E-state index in [1.165, 1.54) is 9.58 Å². The molecular weight excluding hydrogens is 468 g/mol. The zero-order chi connectivity index (χ0) is 24.7. The molecule has 4 heterocycles. The first-order valence-corrected chi connectivity index (χ1v) is 12.0. The zero-order valence-corrected chi connectivity index (χ0v) is 20.3. The minimum atomic E-state index is -0.515. The molecule has 2 aromatic heterocycles. The highest BCUT2D eigenvalue weighted by Gasteiger charge is 2.47. The number of nitrogens with zero attached hydrogens (tertiary/aromatic N) is 4. The van der Waals surface area contributed by atoms with Crippen molar-refractivity contribution in [3.05, 3.63) is 70.6 Å². The largest absolute Gasteiger partial charge is 0.858 e. The molecule has 180 valence electrons. The van der Waals surface area contributed by atoms with Crippen molar-refractivity contribution in [3.8, 4) is 11.6 Å². The first-order chi connectivity index (χ1) is 16.9. The third kappa shape index (κ3) is 4.13. The molecule has 1 atom stereocenters. The maximum Gasteiger partial charge on any atom is 0.327 e. The molecule has 8 nitrogen and oxygen atoms in total. The summed E-state index contributed by atoms with van der Waals surface area (Å²) in [7, 11) is 0. The maximum atomic E-state index is 13.7. The van der Waals surface area contributed by atoms with Crippen LogP contribution in [-0.4, -0.2) is 45.8 Å². The smallest absolute Gasteiger partial charge is 0.327 e. The number of aromatic nitrogens is 3. The van der Waals surface area contributed by atoms with E-state index in [1.807, 2.05) is 19.1 Å². The Morgan fingerprint density at radius 3 is 2.63 bits per heavy atom. The third-order valence-corrected chi connectivity index (χ3v) is 6.67. The molecule has 1 aromatic carbocycles. The van der Waals surface area contributed by atoms with Crippen LogP contribution in [0.5, 0.6) is 5.88 Å². The van der Waals surface area contributed by atoms with Crippen molar-refractivity contribution < 1.29 is 24.0 Å². The van der Waals surface area contributed by atoms with Crippen LogP contribution < -0.4 is 9.67 Å². The Hall–Kier alpha value is -3.49. The number of pyridine rings is 1. The second kappa shape index (κ2) is 9.28. The van der Waals surface area contributed by atoms with E-state index in [1.54, 1.807) is 48.1 Å². The van der Waals surface area contributed by atoms with Crippen LogP contribution in [0.1, 0.15) is 36.6 Å². The lowest BCUT2D eigenvalue weighted by Crippen LogP contribution is -2.42. The molecule has 3 aromatic rings. The molecule has 0 saturated carbocycles. The molecule has 0 radical (unpaired) electrons. The van der Waals surface area contributed by atoms with Gasteiger partial charge in [0.2, 0.25) is 0 Å². The Morgan fingerprint density at radius 2 is 1.97 bits per heavy atom. The van der Waals surface area contributed by atoms with Gasteiger partial charge in [-0.05, 0) is 55.8 Å². The summed E-state index contributed by atoms with van der Waals surface area (Å²) in [5.74, 6) is -1.45. The van der Waals surface area contributed by atoms with E-state index in [0.717, 1.165) is 24.8 Å². The molecule has 0 spiro atoms. The highest BCUT2D eigenvalue weighted by Crippen LogP contribution is 2.37. The van der Waals surface area contributed by atoms with Crippen LogP contribution in [0.15, 0.2) is 48.8 Å². The number of imide groups is 1. The van der Waals surface area contributed by atoms with E-state index in [4.69, 9.17) is 16.3 Å². The van der Waals surface area contributed by atoms with Crippen LogP contribution in [-0.2, 0) is 20.7 Å². The lowest BCUT2D eigenvalue weighted by Gasteiger charge is -2.18. The van der Waals surface area contributed by atoms with E-state index >= 15 is 0 Å². The molecule has 5 rings (SSSR count). The van der Waals surface area contributed by atoms with Gasteiger partial charge in [-0.25, -0.2) is 4.68 Å². The van der Waals surface area contributed by atoms with Gasteiger partial charge in [-0.2, -0.15) is 9.67 Å². The Bertz CT molecular complexity index is 1340. The van der Waals surface area contributed by atoms with Crippen molar-refractivity contribution in [2.45, 2.75) is 39.2 Å². The molecule has 2 aliphatic heterocycles. The molecule has 2 aliphatic rings. The van der Waals surface area contributed by atoms with Crippen molar-refractivity contribution in [3.63, 3.8) is 0 Å². The van der Waals surface area contributed by atoms with E-state index in [0.29, 0.717) is 23.0 Å². The summed E-state index contributed by atoms with van der Waals surface area (Å²) in [4.78, 5) is 28.5. The van der Waals surface area contributed by atoms with Gasteiger partial charge in [0.15, 0.2) is 12.4 Å². The Labute approximate surface area is 208 Å². The number of hydrogen-bond donors (Lipinski definition) is 0. The fraction of sp³-hybridized carbons (Fsp3) is 0.308. The standard InChI is InChI=1S/C26H25ClN4O4/c1-3-17-9-11-29(12-10-17)23-22(24(32)30(26(23)34)15-20-8-5-13-35-20)21-16(2)28-31(25(21)33)19-7-4-6-18(27)14-19/h4,6-7,9-12,14,20H,3,5,8,13,15H2,1-2H3. The summed E-state index contributed by atoms with van der Waals surface area (Å²) < 4.78 is 8.51. The summed E-state index contributed by atoms with van der Waals surface area (Å²) >= 11 is 6.12. The van der Waals surface area contributed by atoms with E-state index in [9.17, 15) is 14.7 Å². The Balaban J connectivity index is 1.66. The molecule has 9 heteroatoms. The molecule has 1 saturated heterocycles. The van der Waals surface area contributed by atoms with E-state index in [-0.39, 0.29) is 29.5 Å². The molecule has 0 N–H and O–H groups in total. The SMILES string of the molecule is CCc1cc[n+](C2=C(c3c(C)nn(-c4cccc(Cl)c4)c3[O-])C(=O)N(CC3CCCO3)C2=O)cc1. The fourth-order valence-corrected chi connectivity index (χ4v) is 4.79. The van der Waals surface area contributed by atoms with Crippen molar-refractivity contribution >= 4 is 34.7 Å². The number of ether oxygens (including phenoxy) is 1. The minimum absolute atomic E-state index is 0.0537. The number of carbonyl (C=O) groups is 2.